The van der Waals surface area contributed by atoms with Gasteiger partial charge < -0.3 is 19.3 Å². The summed E-state index contributed by atoms with van der Waals surface area (Å²) in [4.78, 5) is 11.3. The molecule has 0 radical (unpaired) electrons. The van der Waals surface area contributed by atoms with Gasteiger partial charge in [-0.05, 0) is 36.5 Å². The number of hydrogen-bond donors (Lipinski definition) is 1. The van der Waals surface area contributed by atoms with Gasteiger partial charge in [0.25, 0.3) is 0 Å². The standard InChI is InChI=1S/C14H18O5/c1-17-12-7-10(13(15)14(16)18-2)5-6-11(12)19-8-9-3-4-9/h5-7,9,13,15H,3-4,8H2,1-2H3. The van der Waals surface area contributed by atoms with Crippen LogP contribution in [0.5, 0.6) is 11.5 Å². The van der Waals surface area contributed by atoms with Crippen molar-refractivity contribution in [1.82, 2.24) is 0 Å². The molecule has 1 unspecified atom stereocenters. The molecule has 19 heavy (non-hydrogen) atoms. The van der Waals surface area contributed by atoms with E-state index in [1.54, 1.807) is 18.2 Å². The maximum atomic E-state index is 11.3. The highest BCUT2D eigenvalue weighted by Gasteiger charge is 2.23. The van der Waals surface area contributed by atoms with Crippen molar-refractivity contribution in [2.75, 3.05) is 20.8 Å². The van der Waals surface area contributed by atoms with Gasteiger partial charge in [-0.25, -0.2) is 4.79 Å². The molecule has 0 heterocycles. The first-order valence-corrected chi connectivity index (χ1v) is 6.22. The van der Waals surface area contributed by atoms with E-state index in [0.29, 0.717) is 29.6 Å². The van der Waals surface area contributed by atoms with Gasteiger partial charge in [0, 0.05) is 0 Å². The maximum Gasteiger partial charge on any atom is 0.339 e. The summed E-state index contributed by atoms with van der Waals surface area (Å²) in [5.74, 6) is 1.06. The molecule has 1 fully saturated rings. The molecule has 0 spiro atoms. The topological polar surface area (TPSA) is 65.0 Å². The van der Waals surface area contributed by atoms with Crippen molar-refractivity contribution >= 4 is 5.97 Å². The highest BCUT2D eigenvalue weighted by Crippen LogP contribution is 2.34. The summed E-state index contributed by atoms with van der Waals surface area (Å²) in [7, 11) is 2.75. The summed E-state index contributed by atoms with van der Waals surface area (Å²) in [5, 5.41) is 9.76. The smallest absolute Gasteiger partial charge is 0.339 e. The Kier molecular flexibility index (Phi) is 4.27. The lowest BCUT2D eigenvalue weighted by Gasteiger charge is -2.14. The number of esters is 1. The summed E-state index contributed by atoms with van der Waals surface area (Å²) in [6.07, 6.45) is 1.11. The van der Waals surface area contributed by atoms with Crippen molar-refractivity contribution in [3.8, 4) is 11.5 Å². The highest BCUT2D eigenvalue weighted by molar-refractivity contribution is 5.76. The Labute approximate surface area is 112 Å². The van der Waals surface area contributed by atoms with Gasteiger partial charge in [0.1, 0.15) is 0 Å². The molecule has 5 heteroatoms. The van der Waals surface area contributed by atoms with Gasteiger partial charge in [0.05, 0.1) is 20.8 Å². The van der Waals surface area contributed by atoms with Crippen molar-refractivity contribution in [1.29, 1.82) is 0 Å². The number of rotatable bonds is 6. The van der Waals surface area contributed by atoms with Crippen LogP contribution < -0.4 is 9.47 Å². The normalized spacial score (nSPS) is 15.7. The maximum absolute atomic E-state index is 11.3. The minimum Gasteiger partial charge on any atom is -0.493 e. The van der Waals surface area contributed by atoms with E-state index in [4.69, 9.17) is 9.47 Å². The average Bonchev–Trinajstić information content (AvgIpc) is 3.27. The predicted molar refractivity (Wildman–Crippen MR) is 68.2 cm³/mol. The molecule has 0 saturated heterocycles. The molecular weight excluding hydrogens is 248 g/mol. The lowest BCUT2D eigenvalue weighted by molar-refractivity contribution is -0.150. The predicted octanol–water partition coefficient (Wildman–Crippen LogP) is 1.69. The first-order valence-electron chi connectivity index (χ1n) is 6.22. The summed E-state index contributed by atoms with van der Waals surface area (Å²) >= 11 is 0. The van der Waals surface area contributed by atoms with Crippen LogP contribution in [0.2, 0.25) is 0 Å². The minimum atomic E-state index is -1.31. The van der Waals surface area contributed by atoms with E-state index in [1.165, 1.54) is 27.1 Å². The zero-order valence-corrected chi connectivity index (χ0v) is 11.1. The summed E-state index contributed by atoms with van der Waals surface area (Å²) < 4.78 is 15.4. The SMILES string of the molecule is COC(=O)C(O)c1ccc(OCC2CC2)c(OC)c1. The van der Waals surface area contributed by atoms with E-state index in [9.17, 15) is 9.90 Å². The summed E-state index contributed by atoms with van der Waals surface area (Å²) in [5.41, 5.74) is 0.419. The number of methoxy groups -OCH3 is 2. The number of aliphatic hydroxyl groups excluding tert-OH is 1. The number of aliphatic hydroxyl groups is 1. The highest BCUT2D eigenvalue weighted by atomic mass is 16.5. The summed E-state index contributed by atoms with van der Waals surface area (Å²) in [6, 6.07) is 4.92. The van der Waals surface area contributed by atoms with E-state index in [1.807, 2.05) is 0 Å². The molecule has 0 bridgehead atoms. The first-order chi connectivity index (χ1) is 9.15. The molecule has 1 aromatic rings. The van der Waals surface area contributed by atoms with E-state index >= 15 is 0 Å². The summed E-state index contributed by atoms with van der Waals surface area (Å²) in [6.45, 7) is 0.676. The van der Waals surface area contributed by atoms with Crippen molar-refractivity contribution in [3.63, 3.8) is 0 Å². The number of benzene rings is 1. The van der Waals surface area contributed by atoms with Crippen LogP contribution in [-0.2, 0) is 9.53 Å². The number of carbonyl (C=O) groups excluding carboxylic acids is 1. The third kappa shape index (κ3) is 3.38. The van der Waals surface area contributed by atoms with Crippen LogP contribution in [-0.4, -0.2) is 31.9 Å². The van der Waals surface area contributed by atoms with Crippen molar-refractivity contribution in [3.05, 3.63) is 23.8 Å². The van der Waals surface area contributed by atoms with E-state index in [0.717, 1.165) is 0 Å². The van der Waals surface area contributed by atoms with Gasteiger partial charge in [-0.3, -0.25) is 0 Å². The van der Waals surface area contributed by atoms with Gasteiger partial charge in [-0.2, -0.15) is 0 Å². The average molecular weight is 266 g/mol. The third-order valence-corrected chi connectivity index (χ3v) is 3.10. The Morgan fingerprint density at radius 3 is 2.68 bits per heavy atom. The largest absolute Gasteiger partial charge is 0.493 e. The number of hydrogen-bond acceptors (Lipinski definition) is 5. The molecular formula is C14H18O5. The molecule has 0 aliphatic heterocycles. The minimum absolute atomic E-state index is 0.419. The van der Waals surface area contributed by atoms with Gasteiger partial charge >= 0.3 is 5.97 Å². The second-order valence-electron chi connectivity index (χ2n) is 4.59. The van der Waals surface area contributed by atoms with Gasteiger partial charge in [0.2, 0.25) is 0 Å². The molecule has 0 amide bonds. The Morgan fingerprint density at radius 1 is 1.37 bits per heavy atom. The zero-order valence-electron chi connectivity index (χ0n) is 11.1. The fraction of sp³-hybridized carbons (Fsp3) is 0.500. The molecule has 5 nitrogen and oxygen atoms in total. The van der Waals surface area contributed by atoms with E-state index in [2.05, 4.69) is 4.74 Å². The van der Waals surface area contributed by atoms with Gasteiger partial charge in [-0.15, -0.1) is 0 Å². The van der Waals surface area contributed by atoms with Crippen LogP contribution in [0.3, 0.4) is 0 Å². The van der Waals surface area contributed by atoms with Crippen LogP contribution in [0.4, 0.5) is 0 Å². The van der Waals surface area contributed by atoms with E-state index < -0.39 is 12.1 Å². The quantitative estimate of drug-likeness (QED) is 0.794. The number of ether oxygens (including phenoxy) is 3. The Balaban J connectivity index is 2.11. The van der Waals surface area contributed by atoms with Crippen molar-refractivity contribution in [2.45, 2.75) is 18.9 Å². The zero-order chi connectivity index (χ0) is 13.8. The molecule has 1 saturated carbocycles. The van der Waals surface area contributed by atoms with Gasteiger partial charge in [-0.1, -0.05) is 6.07 Å². The molecule has 1 aliphatic carbocycles. The molecule has 1 atom stereocenters. The van der Waals surface area contributed by atoms with E-state index in [-0.39, 0.29) is 0 Å². The van der Waals surface area contributed by atoms with Crippen LogP contribution in [0.25, 0.3) is 0 Å². The fourth-order valence-electron chi connectivity index (χ4n) is 1.71. The molecule has 2 rings (SSSR count). The van der Waals surface area contributed by atoms with Crippen LogP contribution in [0, 0.1) is 5.92 Å². The lowest BCUT2D eigenvalue weighted by atomic mass is 10.1. The number of carbonyl (C=O) groups is 1. The Hall–Kier alpha value is -1.75. The molecule has 1 aliphatic rings. The molecule has 1 aromatic carbocycles. The fourth-order valence-corrected chi connectivity index (χ4v) is 1.71. The monoisotopic (exact) mass is 266 g/mol. The second kappa shape index (κ2) is 5.93. The van der Waals surface area contributed by atoms with Crippen LogP contribution in [0.15, 0.2) is 18.2 Å². The van der Waals surface area contributed by atoms with Gasteiger partial charge in [0.15, 0.2) is 17.6 Å². The van der Waals surface area contributed by atoms with Crippen molar-refractivity contribution < 1.29 is 24.1 Å². The molecule has 0 aromatic heterocycles. The van der Waals surface area contributed by atoms with Crippen LogP contribution >= 0.6 is 0 Å². The van der Waals surface area contributed by atoms with Crippen molar-refractivity contribution in [2.24, 2.45) is 5.92 Å². The second-order valence-corrected chi connectivity index (χ2v) is 4.59. The molecule has 104 valence electrons. The molecule has 1 N–H and O–H groups in total. The Bertz CT molecular complexity index is 453. The lowest BCUT2D eigenvalue weighted by Crippen LogP contribution is -2.13. The Morgan fingerprint density at radius 2 is 2.11 bits per heavy atom. The third-order valence-electron chi connectivity index (χ3n) is 3.10. The first kappa shape index (κ1) is 13.7. The van der Waals surface area contributed by atoms with Crippen LogP contribution in [0.1, 0.15) is 24.5 Å².